The number of nitrogens with zero attached hydrogens (tertiary/aromatic N) is 1. The molecule has 6 nitrogen and oxygen atoms in total. The Bertz CT molecular complexity index is 985. The molecule has 0 aromatic heterocycles. The van der Waals surface area contributed by atoms with E-state index in [2.05, 4.69) is 5.32 Å². The van der Waals surface area contributed by atoms with Crippen LogP contribution < -0.4 is 15.5 Å². The smallest absolute Gasteiger partial charge is 0.234 e. The minimum Gasteiger partial charge on any atom is -0.475 e. The second-order valence-corrected chi connectivity index (χ2v) is 8.29. The highest BCUT2D eigenvalue weighted by atomic mass is 19.1. The Morgan fingerprint density at radius 3 is 2.44 bits per heavy atom. The molecule has 1 saturated heterocycles. The highest BCUT2D eigenvalue weighted by molar-refractivity contribution is 5.91. The Morgan fingerprint density at radius 2 is 1.85 bits per heavy atom. The Balaban J connectivity index is 1.62. The summed E-state index contributed by atoms with van der Waals surface area (Å²) in [6.45, 7) is 5.39. The summed E-state index contributed by atoms with van der Waals surface area (Å²) in [6, 6.07) is 12.4. The number of benzene rings is 2. The van der Waals surface area contributed by atoms with Crippen molar-refractivity contribution in [3.05, 3.63) is 77.2 Å². The lowest BCUT2D eigenvalue weighted by Gasteiger charge is -2.42. The van der Waals surface area contributed by atoms with Gasteiger partial charge in [-0.2, -0.15) is 0 Å². The van der Waals surface area contributed by atoms with Crippen LogP contribution >= 0.6 is 0 Å². The molecule has 182 valence electrons. The molecular formula is C26H31F2N3O3. The SMILES string of the molecule is CC/C=C(/NC1CN(c2cc(F)c(C(CCC)C(=O)NC=O)c(F)c2)C1)OCc1ccccc1. The van der Waals surface area contributed by atoms with Gasteiger partial charge < -0.3 is 15.0 Å². The van der Waals surface area contributed by atoms with E-state index in [4.69, 9.17) is 4.74 Å². The Morgan fingerprint density at radius 1 is 1.18 bits per heavy atom. The molecule has 3 rings (SSSR count). The van der Waals surface area contributed by atoms with Crippen molar-refractivity contribution in [1.29, 1.82) is 0 Å². The molecule has 2 amide bonds. The molecule has 0 bridgehead atoms. The number of amides is 2. The molecule has 1 fully saturated rings. The van der Waals surface area contributed by atoms with Gasteiger partial charge in [0.25, 0.3) is 0 Å². The van der Waals surface area contributed by atoms with Gasteiger partial charge in [0.05, 0.1) is 12.0 Å². The van der Waals surface area contributed by atoms with Gasteiger partial charge in [-0.1, -0.05) is 50.6 Å². The molecule has 1 unspecified atom stereocenters. The number of rotatable bonds is 12. The van der Waals surface area contributed by atoms with Crippen LogP contribution in [0, 0.1) is 11.6 Å². The van der Waals surface area contributed by atoms with Crippen LogP contribution in [-0.2, 0) is 20.9 Å². The van der Waals surface area contributed by atoms with E-state index in [1.165, 1.54) is 12.1 Å². The number of anilines is 1. The van der Waals surface area contributed by atoms with E-state index in [-0.39, 0.29) is 24.4 Å². The first-order chi connectivity index (χ1) is 16.5. The molecule has 0 radical (unpaired) electrons. The first-order valence-corrected chi connectivity index (χ1v) is 11.6. The largest absolute Gasteiger partial charge is 0.475 e. The van der Waals surface area contributed by atoms with Gasteiger partial charge in [-0.3, -0.25) is 14.9 Å². The average molecular weight is 472 g/mol. The van der Waals surface area contributed by atoms with Crippen molar-refractivity contribution in [2.24, 2.45) is 0 Å². The molecule has 2 aromatic carbocycles. The van der Waals surface area contributed by atoms with Gasteiger partial charge in [0.2, 0.25) is 12.3 Å². The summed E-state index contributed by atoms with van der Waals surface area (Å²) in [7, 11) is 0. The highest BCUT2D eigenvalue weighted by Crippen LogP contribution is 2.32. The first kappa shape index (κ1) is 25.2. The summed E-state index contributed by atoms with van der Waals surface area (Å²) in [5, 5.41) is 5.36. The van der Waals surface area contributed by atoms with E-state index in [1.807, 2.05) is 60.5 Å². The lowest BCUT2D eigenvalue weighted by Crippen LogP contribution is -2.58. The maximum atomic E-state index is 14.9. The number of hydrogen-bond acceptors (Lipinski definition) is 5. The van der Waals surface area contributed by atoms with Gasteiger partial charge in [0, 0.05) is 24.3 Å². The summed E-state index contributed by atoms with van der Waals surface area (Å²) in [4.78, 5) is 24.6. The third-order valence-corrected chi connectivity index (χ3v) is 5.73. The zero-order valence-corrected chi connectivity index (χ0v) is 19.5. The van der Waals surface area contributed by atoms with Gasteiger partial charge >= 0.3 is 0 Å². The Kier molecular flexibility index (Phi) is 9.01. The van der Waals surface area contributed by atoms with Crippen LogP contribution in [0.4, 0.5) is 14.5 Å². The number of hydrogen-bond donors (Lipinski definition) is 2. The van der Waals surface area contributed by atoms with Gasteiger partial charge in [0.1, 0.15) is 18.2 Å². The predicted octanol–water partition coefficient (Wildman–Crippen LogP) is 4.37. The molecule has 2 aromatic rings. The van der Waals surface area contributed by atoms with Crippen LogP contribution in [0.1, 0.15) is 50.2 Å². The summed E-state index contributed by atoms with van der Waals surface area (Å²) in [6.07, 6.45) is 3.78. The molecule has 1 aliphatic heterocycles. The predicted molar refractivity (Wildman–Crippen MR) is 127 cm³/mol. The maximum Gasteiger partial charge on any atom is 0.234 e. The molecule has 1 heterocycles. The third kappa shape index (κ3) is 6.34. The standard InChI is InChI=1S/C26H31F2N3O3/c1-3-8-21(26(33)29-17-32)25-22(27)12-20(13-23(25)28)31-14-19(15-31)30-24(9-4-2)34-16-18-10-6-5-7-11-18/h5-7,9-13,17,19,21,30H,3-4,8,14-16H2,1-2H3,(H,29,32,33)/b24-9-. The molecule has 2 N–H and O–H groups in total. The van der Waals surface area contributed by atoms with Crippen molar-refractivity contribution in [3.8, 4) is 0 Å². The first-order valence-electron chi connectivity index (χ1n) is 11.6. The number of ether oxygens (including phenoxy) is 1. The van der Waals surface area contributed by atoms with Crippen molar-refractivity contribution in [1.82, 2.24) is 10.6 Å². The third-order valence-electron chi connectivity index (χ3n) is 5.73. The van der Waals surface area contributed by atoms with Gasteiger partial charge in [-0.05, 0) is 36.6 Å². The molecule has 8 heteroatoms. The van der Waals surface area contributed by atoms with Crippen molar-refractivity contribution in [2.45, 2.75) is 51.7 Å². The molecule has 0 aliphatic carbocycles. The van der Waals surface area contributed by atoms with E-state index < -0.39 is 23.5 Å². The minimum absolute atomic E-state index is 0.0746. The maximum absolute atomic E-state index is 14.9. The highest BCUT2D eigenvalue weighted by Gasteiger charge is 2.31. The zero-order chi connectivity index (χ0) is 24.5. The second kappa shape index (κ2) is 12.2. The molecular weight excluding hydrogens is 440 g/mol. The summed E-state index contributed by atoms with van der Waals surface area (Å²) in [5.41, 5.74) is 1.17. The Hall–Kier alpha value is -3.42. The number of nitrogens with one attached hydrogen (secondary N) is 2. The molecule has 34 heavy (non-hydrogen) atoms. The summed E-state index contributed by atoms with van der Waals surface area (Å²) in [5.74, 6) is -2.65. The molecule has 1 atom stereocenters. The number of carbonyl (C=O) groups excluding carboxylic acids is 2. The van der Waals surface area contributed by atoms with Crippen LogP contribution in [-0.4, -0.2) is 31.4 Å². The van der Waals surface area contributed by atoms with Gasteiger partial charge in [0.15, 0.2) is 5.88 Å². The quantitative estimate of drug-likeness (QED) is 0.355. The van der Waals surface area contributed by atoms with E-state index >= 15 is 0 Å². The zero-order valence-electron chi connectivity index (χ0n) is 19.5. The fourth-order valence-corrected chi connectivity index (χ4v) is 4.00. The van der Waals surface area contributed by atoms with Crippen LogP contribution in [0.5, 0.6) is 0 Å². The number of carbonyl (C=O) groups is 2. The average Bonchev–Trinajstić information content (AvgIpc) is 2.79. The molecule has 1 aliphatic rings. The molecule has 0 saturated carbocycles. The monoisotopic (exact) mass is 471 g/mol. The van der Waals surface area contributed by atoms with Crippen LogP contribution in [0.3, 0.4) is 0 Å². The van der Waals surface area contributed by atoms with Crippen LogP contribution in [0.15, 0.2) is 54.4 Å². The lowest BCUT2D eigenvalue weighted by molar-refractivity contribution is -0.126. The van der Waals surface area contributed by atoms with E-state index in [9.17, 15) is 18.4 Å². The number of halogens is 2. The molecule has 0 spiro atoms. The Labute approximate surface area is 199 Å². The van der Waals surface area contributed by atoms with Gasteiger partial charge in [-0.25, -0.2) is 8.78 Å². The number of imide groups is 1. The van der Waals surface area contributed by atoms with Crippen molar-refractivity contribution in [2.75, 3.05) is 18.0 Å². The number of allylic oxidation sites excluding steroid dienone is 1. The van der Waals surface area contributed by atoms with Crippen molar-refractivity contribution >= 4 is 18.0 Å². The lowest BCUT2D eigenvalue weighted by atomic mass is 9.92. The summed E-state index contributed by atoms with van der Waals surface area (Å²) < 4.78 is 35.7. The van der Waals surface area contributed by atoms with Crippen molar-refractivity contribution < 1.29 is 23.1 Å². The normalized spacial score (nSPS) is 14.8. The van der Waals surface area contributed by atoms with E-state index in [1.54, 1.807) is 0 Å². The fourth-order valence-electron chi connectivity index (χ4n) is 4.00. The van der Waals surface area contributed by atoms with E-state index in [0.29, 0.717) is 37.7 Å². The van der Waals surface area contributed by atoms with Crippen molar-refractivity contribution in [3.63, 3.8) is 0 Å². The minimum atomic E-state index is -1.06. The second-order valence-electron chi connectivity index (χ2n) is 8.29. The van der Waals surface area contributed by atoms with Crippen LogP contribution in [0.2, 0.25) is 0 Å². The van der Waals surface area contributed by atoms with Gasteiger partial charge in [-0.15, -0.1) is 0 Å². The van der Waals surface area contributed by atoms with Crippen LogP contribution in [0.25, 0.3) is 0 Å². The van der Waals surface area contributed by atoms with E-state index in [0.717, 1.165) is 12.0 Å². The fraction of sp³-hybridized carbons (Fsp3) is 0.385. The summed E-state index contributed by atoms with van der Waals surface area (Å²) >= 11 is 0. The topological polar surface area (TPSA) is 70.7 Å².